The van der Waals surface area contributed by atoms with Crippen molar-refractivity contribution in [2.45, 2.75) is 130 Å². The van der Waals surface area contributed by atoms with E-state index >= 15 is 0 Å². The number of carbonyl (C=O) groups is 1. The van der Waals surface area contributed by atoms with Crippen LogP contribution in [0.2, 0.25) is 18.1 Å². The largest absolute Gasteiger partial charge is 0.462 e. The van der Waals surface area contributed by atoms with Crippen molar-refractivity contribution in [1.82, 2.24) is 0 Å². The molecule has 1 spiro atoms. The molecule has 204 valence electrons. The minimum atomic E-state index is -1.93. The highest BCUT2D eigenvalue weighted by molar-refractivity contribution is 6.74. The lowest BCUT2D eigenvalue weighted by molar-refractivity contribution is -0.165. The average molecular weight is 517 g/mol. The Kier molecular flexibility index (Phi) is 5.94. The second kappa shape index (κ2) is 7.94. The van der Waals surface area contributed by atoms with Crippen LogP contribution in [0.1, 0.15) is 100 Å². The molecule has 0 amide bonds. The molecule has 1 saturated heterocycles. The van der Waals surface area contributed by atoms with Crippen molar-refractivity contribution >= 4 is 14.3 Å². The average Bonchev–Trinajstić information content (AvgIpc) is 3.47. The molecule has 0 aromatic heterocycles. The summed E-state index contributed by atoms with van der Waals surface area (Å²) >= 11 is 0. The fourth-order valence-electron chi connectivity index (χ4n) is 9.56. The normalized spacial score (nSPS) is 45.4. The van der Waals surface area contributed by atoms with Gasteiger partial charge in [-0.05, 0) is 80.3 Å². The van der Waals surface area contributed by atoms with Crippen LogP contribution in [0, 0.1) is 33.5 Å². The van der Waals surface area contributed by atoms with E-state index in [9.17, 15) is 4.79 Å². The van der Waals surface area contributed by atoms with Crippen molar-refractivity contribution in [1.29, 1.82) is 0 Å². The highest BCUT2D eigenvalue weighted by atomic mass is 28.4. The first-order valence-corrected chi connectivity index (χ1v) is 17.5. The SMILES string of the molecule is CC(=O)O[C@H]1CC[C@@]2(CO[Si](C)(C)C(C)(C)C)C(=CC[C@]3(C)[C@@H]2CC[C@]2(C)[C@H]3CC[C@]23CO3)C1(C)C. The van der Waals surface area contributed by atoms with E-state index < -0.39 is 8.32 Å². The summed E-state index contributed by atoms with van der Waals surface area (Å²) < 4.78 is 19.3. The monoisotopic (exact) mass is 516 g/mol. The highest BCUT2D eigenvalue weighted by Crippen LogP contribution is 2.75. The van der Waals surface area contributed by atoms with Gasteiger partial charge in [0.25, 0.3) is 0 Å². The maximum absolute atomic E-state index is 12.0. The minimum Gasteiger partial charge on any atom is -0.462 e. The van der Waals surface area contributed by atoms with Crippen molar-refractivity contribution in [2.24, 2.45) is 33.5 Å². The maximum atomic E-state index is 12.0. The summed E-state index contributed by atoms with van der Waals surface area (Å²) in [6.45, 7) is 25.0. The van der Waals surface area contributed by atoms with Crippen molar-refractivity contribution in [3.05, 3.63) is 11.6 Å². The first-order chi connectivity index (χ1) is 16.5. The van der Waals surface area contributed by atoms with Gasteiger partial charge in [-0.25, -0.2) is 0 Å². The number of ether oxygens (including phenoxy) is 2. The molecule has 0 radical (unpaired) electrons. The standard InChI is InChI=1S/C31H52O4Si/c1-21(32)35-25-14-17-30(19-34-36(9,10)26(2,3)4)22(27(25,5)6)11-15-28(7)23-13-18-31(20-33-31)29(23,8)16-12-24(28)30/h11,23-25H,12-20H2,1-10H3/t23-,24-,25-,28-,29+,30+,31-/m0/s1. The quantitative estimate of drug-likeness (QED) is 0.166. The molecule has 4 aliphatic carbocycles. The minimum absolute atomic E-state index is 0.0180. The van der Waals surface area contributed by atoms with Gasteiger partial charge in [0.1, 0.15) is 6.10 Å². The molecule has 0 bridgehead atoms. The number of epoxide rings is 1. The number of carbonyl (C=O) groups excluding carboxylic acids is 1. The number of rotatable bonds is 4. The van der Waals surface area contributed by atoms with Gasteiger partial charge in [-0.2, -0.15) is 0 Å². The molecule has 36 heavy (non-hydrogen) atoms. The Morgan fingerprint density at radius 1 is 1.06 bits per heavy atom. The summed E-state index contributed by atoms with van der Waals surface area (Å²) in [4.78, 5) is 12.0. The topological polar surface area (TPSA) is 48.1 Å². The molecule has 5 heteroatoms. The zero-order valence-electron chi connectivity index (χ0n) is 24.8. The van der Waals surface area contributed by atoms with Crippen LogP contribution in [0.3, 0.4) is 0 Å². The zero-order chi connectivity index (χ0) is 26.6. The van der Waals surface area contributed by atoms with Gasteiger partial charge in [0.15, 0.2) is 8.32 Å². The molecule has 0 unspecified atom stereocenters. The van der Waals surface area contributed by atoms with Crippen LogP contribution in [0.4, 0.5) is 0 Å². The third kappa shape index (κ3) is 3.54. The Morgan fingerprint density at radius 3 is 2.28 bits per heavy atom. The van der Waals surface area contributed by atoms with Crippen LogP contribution in [0.25, 0.3) is 0 Å². The predicted octanol–water partition coefficient (Wildman–Crippen LogP) is 7.68. The highest BCUT2D eigenvalue weighted by Gasteiger charge is 2.73. The van der Waals surface area contributed by atoms with Gasteiger partial charge in [-0.1, -0.05) is 60.1 Å². The first-order valence-electron chi connectivity index (χ1n) is 14.6. The Labute approximate surface area is 221 Å². The lowest BCUT2D eigenvalue weighted by Gasteiger charge is -2.66. The zero-order valence-corrected chi connectivity index (χ0v) is 25.8. The summed E-state index contributed by atoms with van der Waals surface area (Å²) in [6.07, 6.45) is 10.7. The molecule has 4 nitrogen and oxygen atoms in total. The van der Waals surface area contributed by atoms with E-state index in [-0.39, 0.29) is 39.0 Å². The molecule has 1 aliphatic heterocycles. The van der Waals surface area contributed by atoms with E-state index in [1.165, 1.54) is 31.3 Å². The number of hydrogen-bond donors (Lipinski definition) is 0. The van der Waals surface area contributed by atoms with Crippen LogP contribution < -0.4 is 0 Å². The molecule has 4 fully saturated rings. The van der Waals surface area contributed by atoms with Crippen LogP contribution in [-0.4, -0.2) is 39.2 Å². The molecule has 5 aliphatic rings. The summed E-state index contributed by atoms with van der Waals surface area (Å²) in [5, 5.41) is 0.183. The van der Waals surface area contributed by atoms with Gasteiger partial charge in [0.2, 0.25) is 0 Å². The number of allylic oxidation sites excluding steroid dienone is 1. The number of hydrogen-bond acceptors (Lipinski definition) is 4. The summed E-state index contributed by atoms with van der Waals surface area (Å²) in [5.74, 6) is 1.14. The molecular formula is C31H52O4Si. The van der Waals surface area contributed by atoms with Crippen molar-refractivity contribution < 1.29 is 18.7 Å². The number of esters is 1. The van der Waals surface area contributed by atoms with E-state index in [4.69, 9.17) is 13.9 Å². The third-order valence-corrected chi connectivity index (χ3v) is 17.3. The number of fused-ring (bicyclic) bond motifs is 6. The summed E-state index contributed by atoms with van der Waals surface area (Å²) in [5.41, 5.74) is 2.08. The second-order valence-electron chi connectivity index (χ2n) is 15.8. The van der Waals surface area contributed by atoms with Crippen molar-refractivity contribution in [2.75, 3.05) is 13.2 Å². The summed E-state index contributed by atoms with van der Waals surface area (Å²) in [6, 6.07) is 0. The molecule has 0 aromatic carbocycles. The Bertz CT molecular complexity index is 956. The van der Waals surface area contributed by atoms with Gasteiger partial charge >= 0.3 is 5.97 Å². The van der Waals surface area contributed by atoms with E-state index in [2.05, 4.69) is 67.6 Å². The van der Waals surface area contributed by atoms with Gasteiger partial charge in [0.05, 0.1) is 12.2 Å². The van der Waals surface area contributed by atoms with Gasteiger partial charge in [0, 0.05) is 29.8 Å². The van der Waals surface area contributed by atoms with E-state index in [0.29, 0.717) is 17.3 Å². The Hall–Kier alpha value is -0.653. The van der Waals surface area contributed by atoms with Crippen LogP contribution >= 0.6 is 0 Å². The maximum Gasteiger partial charge on any atom is 0.302 e. The predicted molar refractivity (Wildman–Crippen MR) is 147 cm³/mol. The molecular weight excluding hydrogens is 464 g/mol. The van der Waals surface area contributed by atoms with Gasteiger partial charge in [-0.3, -0.25) is 4.79 Å². The molecule has 5 rings (SSSR count). The molecule has 1 heterocycles. The van der Waals surface area contributed by atoms with Crippen LogP contribution in [0.5, 0.6) is 0 Å². The molecule has 0 N–H and O–H groups in total. The summed E-state index contributed by atoms with van der Waals surface area (Å²) in [7, 11) is -1.93. The smallest absolute Gasteiger partial charge is 0.302 e. The van der Waals surface area contributed by atoms with E-state index in [1.807, 2.05) is 0 Å². The fraction of sp³-hybridized carbons (Fsp3) is 0.903. The Balaban J connectivity index is 1.57. The van der Waals surface area contributed by atoms with E-state index in [1.54, 1.807) is 6.92 Å². The fourth-order valence-corrected chi connectivity index (χ4v) is 10.6. The van der Waals surface area contributed by atoms with E-state index in [0.717, 1.165) is 32.5 Å². The lowest BCUT2D eigenvalue weighted by Crippen LogP contribution is -2.62. The van der Waals surface area contributed by atoms with Crippen molar-refractivity contribution in [3.63, 3.8) is 0 Å². The lowest BCUT2D eigenvalue weighted by atomic mass is 9.39. The second-order valence-corrected chi connectivity index (χ2v) is 20.6. The van der Waals surface area contributed by atoms with Crippen LogP contribution in [-0.2, 0) is 18.7 Å². The van der Waals surface area contributed by atoms with Gasteiger partial charge < -0.3 is 13.9 Å². The van der Waals surface area contributed by atoms with Gasteiger partial charge in [-0.15, -0.1) is 0 Å². The molecule has 0 aromatic rings. The van der Waals surface area contributed by atoms with Crippen LogP contribution in [0.15, 0.2) is 11.6 Å². The first kappa shape index (κ1) is 26.9. The molecule has 3 saturated carbocycles. The Morgan fingerprint density at radius 2 is 1.69 bits per heavy atom. The molecule has 7 atom stereocenters. The third-order valence-electron chi connectivity index (χ3n) is 12.8. The van der Waals surface area contributed by atoms with Crippen molar-refractivity contribution in [3.8, 4) is 0 Å².